The van der Waals surface area contributed by atoms with Gasteiger partial charge >= 0.3 is 5.97 Å². The van der Waals surface area contributed by atoms with E-state index in [-0.39, 0.29) is 0 Å². The fourth-order valence-electron chi connectivity index (χ4n) is 1.93. The summed E-state index contributed by atoms with van der Waals surface area (Å²) >= 11 is 7.37. The van der Waals surface area contributed by atoms with Crippen molar-refractivity contribution in [1.29, 1.82) is 0 Å². The maximum Gasteiger partial charge on any atom is 0.312 e. The summed E-state index contributed by atoms with van der Waals surface area (Å²) in [7, 11) is 0. The molecular formula is C14H14ClNO2S. The van der Waals surface area contributed by atoms with Crippen LogP contribution in [0.15, 0.2) is 24.3 Å². The average molecular weight is 296 g/mol. The second-order valence-corrected chi connectivity index (χ2v) is 5.91. The number of thiazole rings is 1. The van der Waals surface area contributed by atoms with E-state index in [1.165, 1.54) is 11.3 Å². The molecule has 0 fully saturated rings. The molecule has 1 unspecified atom stereocenters. The highest BCUT2D eigenvalue weighted by molar-refractivity contribution is 7.15. The molecule has 1 atom stereocenters. The summed E-state index contributed by atoms with van der Waals surface area (Å²) in [5, 5.41) is 10.7. The molecule has 0 radical (unpaired) electrons. The van der Waals surface area contributed by atoms with E-state index in [0.29, 0.717) is 17.1 Å². The number of rotatable bonds is 4. The highest BCUT2D eigenvalue weighted by Gasteiger charge is 2.23. The quantitative estimate of drug-likeness (QED) is 0.912. The molecule has 2 aromatic rings. The summed E-state index contributed by atoms with van der Waals surface area (Å²) in [6.07, 6.45) is 0.542. The van der Waals surface area contributed by atoms with Crippen LogP contribution in [-0.2, 0) is 4.79 Å². The predicted molar refractivity (Wildman–Crippen MR) is 78.0 cm³/mol. The number of nitrogens with zero attached hydrogens (tertiary/aromatic N) is 1. The van der Waals surface area contributed by atoms with Crippen LogP contribution in [0.4, 0.5) is 0 Å². The standard InChI is InChI=1S/C14H14ClNO2S/c1-3-11(14(17)18)12-8(2)19-13(16-12)9-4-6-10(15)7-5-9/h4-7,11H,3H2,1-2H3,(H,17,18). The van der Waals surface area contributed by atoms with Gasteiger partial charge in [-0.1, -0.05) is 30.7 Å². The number of aliphatic carboxylic acids is 1. The van der Waals surface area contributed by atoms with Crippen LogP contribution < -0.4 is 0 Å². The molecule has 1 aromatic carbocycles. The fraction of sp³-hybridized carbons (Fsp3) is 0.286. The molecule has 3 nitrogen and oxygen atoms in total. The van der Waals surface area contributed by atoms with Gasteiger partial charge < -0.3 is 5.11 Å². The normalized spacial score (nSPS) is 12.4. The lowest BCUT2D eigenvalue weighted by Crippen LogP contribution is -2.11. The van der Waals surface area contributed by atoms with Crippen molar-refractivity contribution in [2.45, 2.75) is 26.2 Å². The number of hydrogen-bond donors (Lipinski definition) is 1. The number of hydrogen-bond acceptors (Lipinski definition) is 3. The molecule has 0 aliphatic rings. The smallest absolute Gasteiger partial charge is 0.312 e. The Hall–Kier alpha value is -1.39. The SMILES string of the molecule is CCC(C(=O)O)c1nc(-c2ccc(Cl)cc2)sc1C. The van der Waals surface area contributed by atoms with Crippen LogP contribution in [0.1, 0.15) is 29.8 Å². The molecule has 1 N–H and O–H groups in total. The largest absolute Gasteiger partial charge is 0.481 e. The average Bonchev–Trinajstić information content (AvgIpc) is 2.73. The highest BCUT2D eigenvalue weighted by Crippen LogP contribution is 2.33. The number of carbonyl (C=O) groups is 1. The molecule has 0 amide bonds. The summed E-state index contributed by atoms with van der Waals surface area (Å²) in [5.41, 5.74) is 1.63. The third-order valence-electron chi connectivity index (χ3n) is 2.96. The van der Waals surface area contributed by atoms with Crippen molar-refractivity contribution >= 4 is 28.9 Å². The van der Waals surface area contributed by atoms with Gasteiger partial charge in [-0.25, -0.2) is 4.98 Å². The van der Waals surface area contributed by atoms with Gasteiger partial charge in [-0.15, -0.1) is 11.3 Å². The summed E-state index contributed by atoms with van der Waals surface area (Å²) in [6.45, 7) is 3.78. The first-order valence-corrected chi connectivity index (χ1v) is 7.18. The van der Waals surface area contributed by atoms with E-state index in [9.17, 15) is 9.90 Å². The lowest BCUT2D eigenvalue weighted by molar-refractivity contribution is -0.138. The van der Waals surface area contributed by atoms with E-state index < -0.39 is 11.9 Å². The first-order chi connectivity index (χ1) is 9.02. The highest BCUT2D eigenvalue weighted by atomic mass is 35.5. The van der Waals surface area contributed by atoms with Gasteiger partial charge in [0.2, 0.25) is 0 Å². The number of aromatic nitrogens is 1. The van der Waals surface area contributed by atoms with E-state index in [0.717, 1.165) is 15.4 Å². The van der Waals surface area contributed by atoms with Crippen molar-refractivity contribution in [2.24, 2.45) is 0 Å². The molecule has 0 aliphatic carbocycles. The zero-order valence-electron chi connectivity index (χ0n) is 10.7. The van der Waals surface area contributed by atoms with Gasteiger partial charge in [0, 0.05) is 15.5 Å². The van der Waals surface area contributed by atoms with Crippen molar-refractivity contribution in [3.63, 3.8) is 0 Å². The minimum Gasteiger partial charge on any atom is -0.481 e. The number of benzene rings is 1. The maximum atomic E-state index is 11.2. The summed E-state index contributed by atoms with van der Waals surface area (Å²) in [4.78, 5) is 16.7. The molecule has 0 bridgehead atoms. The first-order valence-electron chi connectivity index (χ1n) is 5.99. The lowest BCUT2D eigenvalue weighted by atomic mass is 10.0. The Kier molecular flexibility index (Phi) is 4.22. The minimum absolute atomic E-state index is 0.530. The van der Waals surface area contributed by atoms with E-state index in [4.69, 9.17) is 11.6 Å². The Bertz CT molecular complexity index is 592. The molecule has 5 heteroatoms. The van der Waals surface area contributed by atoms with Gasteiger partial charge in [0.15, 0.2) is 0 Å². The first kappa shape index (κ1) is 14.0. The summed E-state index contributed by atoms with van der Waals surface area (Å²) in [6, 6.07) is 7.40. The predicted octanol–water partition coefficient (Wildman–Crippen LogP) is 4.35. The monoisotopic (exact) mass is 295 g/mol. The Morgan fingerprint density at radius 3 is 2.58 bits per heavy atom. The summed E-state index contributed by atoms with van der Waals surface area (Å²) < 4.78 is 0. The van der Waals surface area contributed by atoms with Crippen molar-refractivity contribution in [1.82, 2.24) is 4.98 Å². The molecule has 2 rings (SSSR count). The van der Waals surface area contributed by atoms with Crippen LogP contribution in [0.25, 0.3) is 10.6 Å². The maximum absolute atomic E-state index is 11.2. The second kappa shape index (κ2) is 5.72. The zero-order valence-corrected chi connectivity index (χ0v) is 12.3. The molecule has 100 valence electrons. The molecule has 0 spiro atoms. The van der Waals surface area contributed by atoms with Crippen LogP contribution in [0.3, 0.4) is 0 Å². The van der Waals surface area contributed by atoms with Crippen LogP contribution in [0, 0.1) is 6.92 Å². The number of carboxylic acids is 1. The Morgan fingerprint density at radius 2 is 2.05 bits per heavy atom. The van der Waals surface area contributed by atoms with E-state index in [1.807, 2.05) is 38.1 Å². The van der Waals surface area contributed by atoms with Gasteiger partial charge in [0.25, 0.3) is 0 Å². The van der Waals surface area contributed by atoms with Gasteiger partial charge in [0.05, 0.1) is 11.6 Å². The number of carboxylic acid groups (broad SMARTS) is 1. The van der Waals surface area contributed by atoms with Crippen molar-refractivity contribution in [3.8, 4) is 10.6 Å². The van der Waals surface area contributed by atoms with Gasteiger partial charge in [-0.3, -0.25) is 4.79 Å². The fourth-order valence-corrected chi connectivity index (χ4v) is 3.04. The third kappa shape index (κ3) is 2.96. The van der Waals surface area contributed by atoms with Crippen molar-refractivity contribution in [2.75, 3.05) is 0 Å². The van der Waals surface area contributed by atoms with E-state index in [1.54, 1.807) is 0 Å². The Morgan fingerprint density at radius 1 is 1.42 bits per heavy atom. The Labute approximate surface area is 120 Å². The molecule has 0 saturated carbocycles. The Balaban J connectivity index is 2.40. The molecular weight excluding hydrogens is 282 g/mol. The summed E-state index contributed by atoms with van der Waals surface area (Å²) in [5.74, 6) is -1.35. The lowest BCUT2D eigenvalue weighted by Gasteiger charge is -2.06. The number of halogens is 1. The molecule has 0 saturated heterocycles. The van der Waals surface area contributed by atoms with E-state index in [2.05, 4.69) is 4.98 Å². The molecule has 0 aliphatic heterocycles. The third-order valence-corrected chi connectivity index (χ3v) is 4.25. The minimum atomic E-state index is -0.821. The van der Waals surface area contributed by atoms with Gasteiger partial charge in [-0.05, 0) is 25.5 Å². The molecule has 19 heavy (non-hydrogen) atoms. The molecule has 1 aromatic heterocycles. The van der Waals surface area contributed by atoms with Crippen LogP contribution in [0.2, 0.25) is 5.02 Å². The van der Waals surface area contributed by atoms with Crippen molar-refractivity contribution in [3.05, 3.63) is 39.9 Å². The number of aryl methyl sites for hydroxylation is 1. The topological polar surface area (TPSA) is 50.2 Å². The molecule has 1 heterocycles. The van der Waals surface area contributed by atoms with E-state index >= 15 is 0 Å². The van der Waals surface area contributed by atoms with Gasteiger partial charge in [-0.2, -0.15) is 0 Å². The van der Waals surface area contributed by atoms with Crippen molar-refractivity contribution < 1.29 is 9.90 Å². The van der Waals surface area contributed by atoms with Crippen LogP contribution >= 0.6 is 22.9 Å². The van der Waals surface area contributed by atoms with Gasteiger partial charge in [0.1, 0.15) is 5.01 Å². The van der Waals surface area contributed by atoms with Crippen LogP contribution in [0.5, 0.6) is 0 Å². The zero-order chi connectivity index (χ0) is 14.0. The van der Waals surface area contributed by atoms with Crippen LogP contribution in [-0.4, -0.2) is 16.1 Å². The second-order valence-electron chi connectivity index (χ2n) is 4.27.